The van der Waals surface area contributed by atoms with Gasteiger partial charge < -0.3 is 9.64 Å². The van der Waals surface area contributed by atoms with Crippen molar-refractivity contribution in [3.63, 3.8) is 0 Å². The van der Waals surface area contributed by atoms with Crippen LogP contribution in [0, 0.1) is 6.92 Å². The molecule has 3 rings (SSSR count). The molecule has 1 aromatic heterocycles. The minimum absolute atomic E-state index is 0.252. The van der Waals surface area contributed by atoms with E-state index in [1.807, 2.05) is 50.6 Å². The van der Waals surface area contributed by atoms with E-state index in [2.05, 4.69) is 12.1 Å². The summed E-state index contributed by atoms with van der Waals surface area (Å²) in [7, 11) is 0. The molecule has 0 atom stereocenters. The Morgan fingerprint density at radius 2 is 1.96 bits per heavy atom. The summed E-state index contributed by atoms with van der Waals surface area (Å²) in [5, 5.41) is 4.69. The summed E-state index contributed by atoms with van der Waals surface area (Å²) in [6.45, 7) is 9.68. The Hall–Kier alpha value is -2.30. The zero-order valence-corrected chi connectivity index (χ0v) is 14.9. The Labute approximate surface area is 143 Å². The van der Waals surface area contributed by atoms with E-state index in [4.69, 9.17) is 9.84 Å². The number of aromatic nitrogens is 2. The molecule has 2 heterocycles. The normalized spacial score (nSPS) is 14.4. The first-order valence-corrected chi connectivity index (χ1v) is 8.40. The number of carbonyl (C=O) groups is 1. The van der Waals surface area contributed by atoms with Crippen LogP contribution >= 0.6 is 0 Å². The minimum atomic E-state index is -0.475. The van der Waals surface area contributed by atoms with Crippen LogP contribution < -0.4 is 0 Å². The summed E-state index contributed by atoms with van der Waals surface area (Å²) in [4.78, 5) is 14.1. The Bertz CT molecular complexity index is 729. The lowest BCUT2D eigenvalue weighted by atomic mass is 10.1. The van der Waals surface area contributed by atoms with Gasteiger partial charge in [-0.15, -0.1) is 0 Å². The maximum absolute atomic E-state index is 12.4. The molecule has 0 unspecified atom stereocenters. The fourth-order valence-electron chi connectivity index (χ4n) is 3.04. The average molecular weight is 327 g/mol. The van der Waals surface area contributed by atoms with Crippen molar-refractivity contribution in [3.8, 4) is 0 Å². The fraction of sp³-hybridized carbons (Fsp3) is 0.474. The molecule has 2 aromatic rings. The average Bonchev–Trinajstić information content (AvgIpc) is 2.82. The Morgan fingerprint density at radius 1 is 1.25 bits per heavy atom. The Balaban J connectivity index is 1.81. The molecule has 1 aromatic carbocycles. The molecular weight excluding hydrogens is 302 g/mol. The second kappa shape index (κ2) is 6.30. The zero-order chi connectivity index (χ0) is 17.3. The number of benzene rings is 1. The van der Waals surface area contributed by atoms with E-state index < -0.39 is 5.60 Å². The predicted octanol–water partition coefficient (Wildman–Crippen LogP) is 3.53. The second-order valence-corrected chi connectivity index (χ2v) is 7.31. The van der Waals surface area contributed by atoms with Crippen LogP contribution in [-0.2, 0) is 24.2 Å². The highest BCUT2D eigenvalue weighted by molar-refractivity contribution is 5.68. The first-order valence-electron chi connectivity index (χ1n) is 8.40. The van der Waals surface area contributed by atoms with Crippen molar-refractivity contribution in [1.29, 1.82) is 0 Å². The van der Waals surface area contributed by atoms with Gasteiger partial charge in [0.1, 0.15) is 5.60 Å². The third-order valence-electron chi connectivity index (χ3n) is 4.17. The van der Waals surface area contributed by atoms with Crippen molar-refractivity contribution in [2.45, 2.75) is 52.8 Å². The number of ether oxygens (including phenoxy) is 1. The molecule has 1 aliphatic heterocycles. The number of amides is 1. The van der Waals surface area contributed by atoms with Crippen molar-refractivity contribution in [2.24, 2.45) is 0 Å². The number of hydrogen-bond acceptors (Lipinski definition) is 3. The van der Waals surface area contributed by atoms with Gasteiger partial charge in [0.25, 0.3) is 0 Å². The van der Waals surface area contributed by atoms with E-state index in [0.29, 0.717) is 13.1 Å². The Morgan fingerprint density at radius 3 is 2.62 bits per heavy atom. The monoisotopic (exact) mass is 327 g/mol. The van der Waals surface area contributed by atoms with E-state index in [9.17, 15) is 4.79 Å². The molecule has 0 bridgehead atoms. The zero-order valence-electron chi connectivity index (χ0n) is 14.9. The van der Waals surface area contributed by atoms with Crippen LogP contribution in [0.15, 0.2) is 30.3 Å². The summed E-state index contributed by atoms with van der Waals surface area (Å²) in [6.07, 6.45) is 0.577. The van der Waals surface area contributed by atoms with E-state index in [1.54, 1.807) is 4.90 Å². The number of fused-ring (bicyclic) bond motifs is 1. The van der Waals surface area contributed by atoms with Gasteiger partial charge in [0, 0.05) is 6.54 Å². The van der Waals surface area contributed by atoms with Gasteiger partial charge in [-0.2, -0.15) is 5.10 Å². The standard InChI is InChI=1S/C19H25N3O2/c1-14-16-10-11-21(18(23)24-19(2,3)4)13-17(16)22(20-14)12-15-8-6-5-7-9-15/h5-9H,10-13H2,1-4H3. The quantitative estimate of drug-likeness (QED) is 0.848. The van der Waals surface area contributed by atoms with Crippen molar-refractivity contribution in [3.05, 3.63) is 52.8 Å². The van der Waals surface area contributed by atoms with Crippen LogP contribution in [0.4, 0.5) is 4.79 Å². The first kappa shape index (κ1) is 16.6. The molecule has 0 spiro atoms. The fourth-order valence-corrected chi connectivity index (χ4v) is 3.04. The van der Waals surface area contributed by atoms with Gasteiger partial charge in [-0.05, 0) is 45.2 Å². The predicted molar refractivity (Wildman–Crippen MR) is 92.9 cm³/mol. The lowest BCUT2D eigenvalue weighted by molar-refractivity contribution is 0.0219. The lowest BCUT2D eigenvalue weighted by Crippen LogP contribution is -2.40. The van der Waals surface area contributed by atoms with Crippen molar-refractivity contribution < 1.29 is 9.53 Å². The van der Waals surface area contributed by atoms with Crippen LogP contribution in [0.25, 0.3) is 0 Å². The number of nitrogens with zero attached hydrogens (tertiary/aromatic N) is 3. The largest absolute Gasteiger partial charge is 0.444 e. The molecule has 0 N–H and O–H groups in total. The summed E-state index contributed by atoms with van der Waals surface area (Å²) < 4.78 is 7.54. The van der Waals surface area contributed by atoms with Gasteiger partial charge in [0.15, 0.2) is 0 Å². The molecule has 0 fully saturated rings. The lowest BCUT2D eigenvalue weighted by Gasteiger charge is -2.30. The van der Waals surface area contributed by atoms with Crippen molar-refractivity contribution in [2.75, 3.05) is 6.54 Å². The molecule has 1 aliphatic rings. The third kappa shape index (κ3) is 3.61. The summed E-state index contributed by atoms with van der Waals surface area (Å²) in [5.41, 5.74) is 4.18. The molecule has 0 aliphatic carbocycles. The first-order chi connectivity index (χ1) is 11.3. The highest BCUT2D eigenvalue weighted by Crippen LogP contribution is 2.24. The third-order valence-corrected chi connectivity index (χ3v) is 4.17. The highest BCUT2D eigenvalue weighted by atomic mass is 16.6. The number of hydrogen-bond donors (Lipinski definition) is 0. The minimum Gasteiger partial charge on any atom is -0.444 e. The van der Waals surface area contributed by atoms with Crippen LogP contribution in [0.3, 0.4) is 0 Å². The van der Waals surface area contributed by atoms with Gasteiger partial charge in [-0.3, -0.25) is 4.68 Å². The topological polar surface area (TPSA) is 47.4 Å². The Kier molecular flexibility index (Phi) is 4.35. The van der Waals surface area contributed by atoms with E-state index in [1.165, 1.54) is 11.1 Å². The maximum atomic E-state index is 12.4. The van der Waals surface area contributed by atoms with Crippen molar-refractivity contribution in [1.82, 2.24) is 14.7 Å². The second-order valence-electron chi connectivity index (χ2n) is 7.31. The highest BCUT2D eigenvalue weighted by Gasteiger charge is 2.29. The molecule has 0 saturated heterocycles. The molecule has 0 saturated carbocycles. The molecular formula is C19H25N3O2. The van der Waals surface area contributed by atoms with Gasteiger partial charge in [0.05, 0.1) is 24.5 Å². The molecule has 5 nitrogen and oxygen atoms in total. The van der Waals surface area contributed by atoms with Gasteiger partial charge in [-0.1, -0.05) is 30.3 Å². The maximum Gasteiger partial charge on any atom is 0.410 e. The van der Waals surface area contributed by atoms with Gasteiger partial charge in [0.2, 0.25) is 0 Å². The van der Waals surface area contributed by atoms with E-state index >= 15 is 0 Å². The van der Waals surface area contributed by atoms with Crippen LogP contribution in [0.5, 0.6) is 0 Å². The van der Waals surface area contributed by atoms with E-state index in [-0.39, 0.29) is 6.09 Å². The van der Waals surface area contributed by atoms with Gasteiger partial charge in [-0.25, -0.2) is 4.79 Å². The van der Waals surface area contributed by atoms with Crippen LogP contribution in [0.2, 0.25) is 0 Å². The molecule has 0 radical (unpaired) electrons. The molecule has 24 heavy (non-hydrogen) atoms. The summed E-state index contributed by atoms with van der Waals surface area (Å²) in [6, 6.07) is 10.3. The van der Waals surface area contributed by atoms with E-state index in [0.717, 1.165) is 24.4 Å². The van der Waals surface area contributed by atoms with Gasteiger partial charge >= 0.3 is 6.09 Å². The summed E-state index contributed by atoms with van der Waals surface area (Å²) >= 11 is 0. The SMILES string of the molecule is Cc1nn(Cc2ccccc2)c2c1CCN(C(=O)OC(C)(C)C)C2. The summed E-state index contributed by atoms with van der Waals surface area (Å²) in [5.74, 6) is 0. The number of carbonyl (C=O) groups excluding carboxylic acids is 1. The smallest absolute Gasteiger partial charge is 0.410 e. The molecule has 1 amide bonds. The van der Waals surface area contributed by atoms with Crippen LogP contribution in [-0.4, -0.2) is 32.9 Å². The molecule has 128 valence electrons. The number of aryl methyl sites for hydroxylation is 1. The number of rotatable bonds is 2. The van der Waals surface area contributed by atoms with Crippen LogP contribution in [0.1, 0.15) is 43.3 Å². The molecule has 5 heteroatoms. The van der Waals surface area contributed by atoms with Crippen molar-refractivity contribution >= 4 is 6.09 Å².